The molecular weight excluding hydrogens is 974 g/mol. The summed E-state index contributed by atoms with van der Waals surface area (Å²) in [5, 5.41) is 7.95. The standard InChI is InChI=1S/C74H72B2O4/c1-35(2)43-24-47(37(5)6)67(48(25-43)38(7)8)51-31-53-57-21-42(14)23-65-73(57)75(59-19-17-41(13)22-63(59)79-65)61-33-56-52(68-49(39(9)10)26-44(36(3)4)27-50(68)40(11)12)32-54-58-28-46(78-16)30-66-74(58)76(60-20-18-45(77-15)29-64(60)80-66)62-34-55(51)71(69(53)61)72(56)70(54)62/h17-40H,1-16H3. The van der Waals surface area contributed by atoms with Crippen molar-refractivity contribution >= 4 is 78.5 Å². The number of benzene rings is 10. The maximum absolute atomic E-state index is 7.15. The lowest BCUT2D eigenvalue weighted by Gasteiger charge is -2.38. The second kappa shape index (κ2) is 18.0. The quantitative estimate of drug-likeness (QED) is 0.101. The molecule has 0 fully saturated rings. The summed E-state index contributed by atoms with van der Waals surface area (Å²) in [7, 11) is 3.52. The van der Waals surface area contributed by atoms with E-state index in [9.17, 15) is 0 Å². The molecule has 4 nitrogen and oxygen atoms in total. The Labute approximate surface area is 474 Å². The minimum atomic E-state index is -0.137. The summed E-state index contributed by atoms with van der Waals surface area (Å²) < 4.78 is 26.4. The lowest BCUT2D eigenvalue weighted by molar-refractivity contribution is 0.405. The van der Waals surface area contributed by atoms with Crippen molar-refractivity contribution < 1.29 is 18.9 Å². The summed E-state index contributed by atoms with van der Waals surface area (Å²) >= 11 is 0. The van der Waals surface area contributed by atoms with Crippen LogP contribution in [-0.2, 0) is 0 Å². The largest absolute Gasteiger partial charge is 0.497 e. The molecule has 0 bridgehead atoms. The Balaban J connectivity index is 1.28. The van der Waals surface area contributed by atoms with Crippen LogP contribution in [0.3, 0.4) is 0 Å². The zero-order valence-corrected chi connectivity index (χ0v) is 49.6. The minimum absolute atomic E-state index is 0.0556. The Hall–Kier alpha value is -7.43. The average Bonchev–Trinajstić information content (AvgIpc) is 3.50. The molecule has 0 saturated carbocycles. The molecule has 4 heterocycles. The number of hydrogen-bond donors (Lipinski definition) is 0. The van der Waals surface area contributed by atoms with Crippen molar-refractivity contribution in [2.45, 2.75) is 132 Å². The number of fused-ring (bicyclic) bond motifs is 8. The Morgan fingerprint density at radius 3 is 1.20 bits per heavy atom. The molecule has 0 N–H and O–H groups in total. The number of hydrogen-bond acceptors (Lipinski definition) is 4. The summed E-state index contributed by atoms with van der Waals surface area (Å²) in [5.41, 5.74) is 28.5. The van der Waals surface area contributed by atoms with E-state index in [2.05, 4.69) is 206 Å². The van der Waals surface area contributed by atoms with Crippen molar-refractivity contribution in [2.75, 3.05) is 14.2 Å². The van der Waals surface area contributed by atoms with Gasteiger partial charge in [-0.25, -0.2) is 0 Å². The third-order valence-electron chi connectivity index (χ3n) is 18.8. The molecule has 0 saturated heterocycles. The topological polar surface area (TPSA) is 36.9 Å². The Kier molecular flexibility index (Phi) is 11.4. The fourth-order valence-corrected chi connectivity index (χ4v) is 14.9. The van der Waals surface area contributed by atoms with Gasteiger partial charge in [-0.05, 0) is 229 Å². The molecule has 0 radical (unpaired) electrons. The zero-order valence-electron chi connectivity index (χ0n) is 49.6. The molecule has 0 aromatic heterocycles. The number of ether oxygens (including phenoxy) is 4. The molecule has 4 aliphatic heterocycles. The molecule has 10 aromatic rings. The summed E-state index contributed by atoms with van der Waals surface area (Å²) in [5.74, 6) is 6.92. The van der Waals surface area contributed by atoms with Crippen molar-refractivity contribution in [3.8, 4) is 79.0 Å². The Morgan fingerprint density at radius 2 is 0.750 bits per heavy atom. The first-order valence-corrected chi connectivity index (χ1v) is 29.6. The second-order valence-electron chi connectivity index (χ2n) is 25.9. The summed E-state index contributed by atoms with van der Waals surface area (Å²) in [4.78, 5) is 0. The van der Waals surface area contributed by atoms with Gasteiger partial charge in [0.1, 0.15) is 34.5 Å². The maximum Gasteiger partial charge on any atom is 0.252 e. The van der Waals surface area contributed by atoms with Crippen LogP contribution in [-0.4, -0.2) is 27.6 Å². The van der Waals surface area contributed by atoms with Crippen molar-refractivity contribution in [3.05, 3.63) is 154 Å². The van der Waals surface area contributed by atoms with Gasteiger partial charge in [-0.2, -0.15) is 0 Å². The van der Waals surface area contributed by atoms with Crippen LogP contribution < -0.4 is 51.7 Å². The van der Waals surface area contributed by atoms with Gasteiger partial charge in [0, 0.05) is 12.1 Å². The van der Waals surface area contributed by atoms with E-state index in [4.69, 9.17) is 18.9 Å². The third-order valence-corrected chi connectivity index (χ3v) is 18.8. The first-order valence-electron chi connectivity index (χ1n) is 29.6. The molecular formula is C74H72B2O4. The van der Waals surface area contributed by atoms with Crippen LogP contribution >= 0.6 is 0 Å². The molecule has 0 unspecified atom stereocenters. The maximum atomic E-state index is 7.15. The molecule has 0 aliphatic carbocycles. The summed E-state index contributed by atoms with van der Waals surface area (Å²) in [6, 6.07) is 43.2. The van der Waals surface area contributed by atoms with Crippen LogP contribution in [0, 0.1) is 13.8 Å². The van der Waals surface area contributed by atoms with Crippen molar-refractivity contribution in [2.24, 2.45) is 0 Å². The fraction of sp³-hybridized carbons (Fsp3) is 0.297. The monoisotopic (exact) mass is 1050 g/mol. The molecule has 0 amide bonds. The summed E-state index contributed by atoms with van der Waals surface area (Å²) in [6.07, 6.45) is 0. The zero-order chi connectivity index (χ0) is 55.8. The second-order valence-corrected chi connectivity index (χ2v) is 25.9. The van der Waals surface area contributed by atoms with Gasteiger partial charge in [-0.3, -0.25) is 0 Å². The van der Waals surface area contributed by atoms with Gasteiger partial charge in [0.15, 0.2) is 0 Å². The molecule has 10 aromatic carbocycles. The molecule has 80 heavy (non-hydrogen) atoms. The van der Waals surface area contributed by atoms with Gasteiger partial charge in [-0.15, -0.1) is 0 Å². The van der Waals surface area contributed by atoms with Gasteiger partial charge < -0.3 is 18.9 Å². The molecule has 0 spiro atoms. The lowest BCUT2D eigenvalue weighted by Crippen LogP contribution is -2.58. The predicted octanol–water partition coefficient (Wildman–Crippen LogP) is 16.5. The number of aryl methyl sites for hydroxylation is 2. The SMILES string of the molecule is COc1ccc2c(c1)Oc1cc(OC)cc3c1B2c1cc2c(-c4c(C(C)C)cc(C(C)C)cc4C(C)C)cc4c5c(cc6c(-c7c(C(C)C)cc(C(C)C)cc7C(C)C)cc-3c1c6c25)B1c2ccc(C)cc2Oc2cc(C)cc-4c21. The lowest BCUT2D eigenvalue weighted by atomic mass is 9.31. The molecule has 14 rings (SSSR count). The Bertz CT molecular complexity index is 4270. The van der Waals surface area contributed by atoms with E-state index in [0.717, 1.165) is 45.5 Å². The number of rotatable bonds is 10. The van der Waals surface area contributed by atoms with Crippen molar-refractivity contribution in [3.63, 3.8) is 0 Å². The van der Waals surface area contributed by atoms with E-state index >= 15 is 0 Å². The van der Waals surface area contributed by atoms with Crippen molar-refractivity contribution in [1.82, 2.24) is 0 Å². The van der Waals surface area contributed by atoms with E-state index in [0.29, 0.717) is 11.8 Å². The Morgan fingerprint density at radius 1 is 0.338 bits per heavy atom. The molecule has 0 atom stereocenters. The van der Waals surface area contributed by atoms with Crippen LogP contribution in [0.1, 0.15) is 163 Å². The van der Waals surface area contributed by atoms with Crippen LogP contribution in [0.25, 0.3) is 76.8 Å². The van der Waals surface area contributed by atoms with Crippen LogP contribution in [0.4, 0.5) is 0 Å². The highest BCUT2D eigenvalue weighted by molar-refractivity contribution is 7.01. The van der Waals surface area contributed by atoms with E-state index in [1.807, 2.05) is 0 Å². The molecule has 398 valence electrons. The van der Waals surface area contributed by atoms with Gasteiger partial charge in [-0.1, -0.05) is 155 Å². The fourth-order valence-electron chi connectivity index (χ4n) is 14.9. The van der Waals surface area contributed by atoms with Crippen LogP contribution in [0.15, 0.2) is 109 Å². The third kappa shape index (κ3) is 7.15. The molecule has 6 heteroatoms. The highest BCUT2D eigenvalue weighted by atomic mass is 16.5. The smallest absolute Gasteiger partial charge is 0.252 e. The number of methoxy groups -OCH3 is 2. The van der Waals surface area contributed by atoms with E-state index < -0.39 is 0 Å². The van der Waals surface area contributed by atoms with Crippen molar-refractivity contribution in [1.29, 1.82) is 0 Å². The van der Waals surface area contributed by atoms with Gasteiger partial charge in [0.05, 0.1) is 14.2 Å². The highest BCUT2D eigenvalue weighted by Gasteiger charge is 2.45. The van der Waals surface area contributed by atoms with Gasteiger partial charge in [0.25, 0.3) is 13.4 Å². The van der Waals surface area contributed by atoms with Gasteiger partial charge >= 0.3 is 0 Å². The van der Waals surface area contributed by atoms with E-state index in [-0.39, 0.29) is 37.1 Å². The van der Waals surface area contributed by atoms with E-state index in [1.165, 1.54) is 143 Å². The summed E-state index contributed by atoms with van der Waals surface area (Å²) in [6.45, 7) is 32.8. The molecule has 4 aliphatic rings. The van der Waals surface area contributed by atoms with E-state index in [1.54, 1.807) is 14.2 Å². The average molecular weight is 1050 g/mol. The normalized spacial score (nSPS) is 13.6. The predicted molar refractivity (Wildman–Crippen MR) is 341 cm³/mol. The minimum Gasteiger partial charge on any atom is -0.497 e. The first-order chi connectivity index (χ1) is 38.3. The van der Waals surface area contributed by atoms with Gasteiger partial charge in [0.2, 0.25) is 0 Å². The van der Waals surface area contributed by atoms with Crippen LogP contribution in [0.2, 0.25) is 0 Å². The van der Waals surface area contributed by atoms with Crippen LogP contribution in [0.5, 0.6) is 34.5 Å². The highest BCUT2D eigenvalue weighted by Crippen LogP contribution is 2.54. The first kappa shape index (κ1) is 50.8.